The zero-order valence-corrected chi connectivity index (χ0v) is 12.0. The highest BCUT2D eigenvalue weighted by molar-refractivity contribution is 6.58. The van der Waals surface area contributed by atoms with E-state index in [2.05, 4.69) is 13.2 Å². The molecule has 0 saturated carbocycles. The molecule has 0 spiro atoms. The van der Waals surface area contributed by atoms with Gasteiger partial charge in [0.15, 0.2) is 0 Å². The molecule has 3 nitrogen and oxygen atoms in total. The molecule has 4 heteroatoms. The minimum absolute atomic E-state index is 0.415. The first kappa shape index (κ1) is 14.4. The van der Waals surface area contributed by atoms with Crippen molar-refractivity contribution >= 4 is 35.7 Å². The van der Waals surface area contributed by atoms with E-state index in [9.17, 15) is 10.0 Å². The van der Waals surface area contributed by atoms with Crippen molar-refractivity contribution in [3.8, 4) is 0 Å². The topological polar surface area (TPSA) is 53.6 Å². The van der Waals surface area contributed by atoms with Crippen molar-refractivity contribution in [1.29, 1.82) is 0 Å². The second-order valence-corrected chi connectivity index (χ2v) is 5.02. The van der Waals surface area contributed by atoms with Crippen LogP contribution in [0.1, 0.15) is 5.56 Å². The maximum atomic E-state index is 9.33. The number of allylic oxidation sites excluding steroid dienone is 1. The van der Waals surface area contributed by atoms with Crippen LogP contribution < -0.4 is 16.1 Å². The molecule has 108 valence electrons. The van der Waals surface area contributed by atoms with E-state index in [0.717, 1.165) is 27.3 Å². The van der Waals surface area contributed by atoms with E-state index in [1.54, 1.807) is 24.3 Å². The predicted molar refractivity (Wildman–Crippen MR) is 90.0 cm³/mol. The van der Waals surface area contributed by atoms with Crippen LogP contribution in [0, 0.1) is 0 Å². The summed E-state index contributed by atoms with van der Waals surface area (Å²) in [5.74, 6) is 0. The van der Waals surface area contributed by atoms with E-state index in [0.29, 0.717) is 10.9 Å². The van der Waals surface area contributed by atoms with Crippen molar-refractivity contribution in [3.05, 3.63) is 77.4 Å². The maximum Gasteiger partial charge on any atom is 0.488 e. The lowest BCUT2D eigenvalue weighted by Crippen LogP contribution is -2.30. The summed E-state index contributed by atoms with van der Waals surface area (Å²) < 4.78 is 5.91. The Bertz CT molecular complexity index is 954. The van der Waals surface area contributed by atoms with Crippen molar-refractivity contribution in [3.63, 3.8) is 0 Å². The second kappa shape index (κ2) is 5.68. The van der Waals surface area contributed by atoms with Gasteiger partial charge in [-0.2, -0.15) is 0 Å². The smallest absolute Gasteiger partial charge is 0.455 e. The van der Waals surface area contributed by atoms with E-state index in [-0.39, 0.29) is 0 Å². The number of hydrogen-bond donors (Lipinski definition) is 2. The molecule has 0 saturated heterocycles. The van der Waals surface area contributed by atoms with Crippen LogP contribution in [0.2, 0.25) is 0 Å². The Kier molecular flexibility index (Phi) is 3.71. The Morgan fingerprint density at radius 1 is 1.09 bits per heavy atom. The molecule has 22 heavy (non-hydrogen) atoms. The van der Waals surface area contributed by atoms with Crippen molar-refractivity contribution in [2.24, 2.45) is 0 Å². The fraction of sp³-hybridized carbons (Fsp3) is 0. The van der Waals surface area contributed by atoms with E-state index in [1.165, 1.54) is 0 Å². The van der Waals surface area contributed by atoms with E-state index >= 15 is 0 Å². The van der Waals surface area contributed by atoms with Gasteiger partial charge < -0.3 is 14.5 Å². The van der Waals surface area contributed by atoms with Crippen LogP contribution in [0.25, 0.3) is 23.1 Å². The molecule has 1 aromatic heterocycles. The van der Waals surface area contributed by atoms with E-state index in [4.69, 9.17) is 4.42 Å². The quantitative estimate of drug-likeness (QED) is 0.705. The van der Waals surface area contributed by atoms with Gasteiger partial charge >= 0.3 is 7.12 Å². The second-order valence-electron chi connectivity index (χ2n) is 5.02. The van der Waals surface area contributed by atoms with Gasteiger partial charge in [-0.1, -0.05) is 61.7 Å². The highest BCUT2D eigenvalue weighted by Crippen LogP contribution is 2.13. The van der Waals surface area contributed by atoms with Crippen LogP contribution in [-0.4, -0.2) is 17.2 Å². The first-order chi connectivity index (χ1) is 10.6. The van der Waals surface area contributed by atoms with Crippen LogP contribution in [0.5, 0.6) is 0 Å². The van der Waals surface area contributed by atoms with Crippen LogP contribution >= 0.6 is 0 Å². The Morgan fingerprint density at radius 2 is 1.86 bits per heavy atom. The molecule has 0 amide bonds. The summed E-state index contributed by atoms with van der Waals surface area (Å²) in [6.45, 7) is 7.95. The number of para-hydroxylation sites is 1. The molecule has 3 rings (SSSR count). The predicted octanol–water partition coefficient (Wildman–Crippen LogP) is 0.908. The van der Waals surface area contributed by atoms with Crippen LogP contribution in [-0.2, 0) is 0 Å². The van der Waals surface area contributed by atoms with E-state index < -0.39 is 7.12 Å². The summed E-state index contributed by atoms with van der Waals surface area (Å²) in [7, 11) is -1.51. The van der Waals surface area contributed by atoms with Crippen molar-refractivity contribution < 1.29 is 14.5 Å². The summed E-state index contributed by atoms with van der Waals surface area (Å²) in [4.78, 5) is 0. The molecule has 0 aliphatic rings. The van der Waals surface area contributed by atoms with Gasteiger partial charge in [0, 0.05) is 16.2 Å². The maximum absolute atomic E-state index is 9.33. The van der Waals surface area contributed by atoms with Gasteiger partial charge in [0.05, 0.1) is 0 Å². The average Bonchev–Trinajstić information content (AvgIpc) is 2.86. The minimum atomic E-state index is -1.51. The summed E-state index contributed by atoms with van der Waals surface area (Å²) >= 11 is 0. The standard InChI is InChI=1S/C18H15BO3/c1-3-15(13-7-6-8-14(11-13)19(20)21)18-12(2)16-9-4-5-10-17(16)22-18/h3-11,20-21H,1-2H2/b18-15-. The average molecular weight is 290 g/mol. The number of furan rings is 1. The van der Waals surface area contributed by atoms with Crippen LogP contribution in [0.15, 0.2) is 65.6 Å². The van der Waals surface area contributed by atoms with E-state index in [1.807, 2.05) is 30.3 Å². The fourth-order valence-electron chi connectivity index (χ4n) is 2.52. The van der Waals surface area contributed by atoms with Crippen LogP contribution in [0.4, 0.5) is 0 Å². The SMILES string of the molecule is C=C/C(c1cccc(B(O)O)c1)=c1/oc2ccccc2c1=C. The molecule has 3 aromatic rings. The molecular weight excluding hydrogens is 275 g/mol. The molecule has 0 bridgehead atoms. The molecule has 0 radical (unpaired) electrons. The zero-order chi connectivity index (χ0) is 15.7. The summed E-state index contributed by atoms with van der Waals surface area (Å²) in [5, 5.41) is 20.4. The largest absolute Gasteiger partial charge is 0.488 e. The van der Waals surface area contributed by atoms with Gasteiger partial charge in [-0.15, -0.1) is 0 Å². The molecular formula is C18H15BO3. The first-order valence-electron chi connectivity index (χ1n) is 6.91. The molecule has 2 N–H and O–H groups in total. The molecule has 0 unspecified atom stereocenters. The highest BCUT2D eigenvalue weighted by atomic mass is 16.4. The first-order valence-corrected chi connectivity index (χ1v) is 6.91. The summed E-state index contributed by atoms with van der Waals surface area (Å²) in [6, 6.07) is 14.7. The molecule has 2 aromatic carbocycles. The van der Waals surface area contributed by atoms with Gasteiger partial charge in [0.25, 0.3) is 0 Å². The van der Waals surface area contributed by atoms with Crippen molar-refractivity contribution in [2.75, 3.05) is 0 Å². The number of benzene rings is 2. The third kappa shape index (κ3) is 2.39. The zero-order valence-electron chi connectivity index (χ0n) is 12.0. The lowest BCUT2D eigenvalue weighted by Gasteiger charge is -2.04. The fourth-order valence-corrected chi connectivity index (χ4v) is 2.52. The molecule has 1 heterocycles. The Morgan fingerprint density at radius 3 is 2.55 bits per heavy atom. The summed E-state index contributed by atoms with van der Waals surface area (Å²) in [6.07, 6.45) is 1.69. The van der Waals surface area contributed by atoms with Gasteiger partial charge in [-0.05, 0) is 17.1 Å². The molecule has 0 aliphatic heterocycles. The van der Waals surface area contributed by atoms with Gasteiger partial charge in [-0.3, -0.25) is 0 Å². The van der Waals surface area contributed by atoms with Gasteiger partial charge in [0.2, 0.25) is 0 Å². The number of fused-ring (bicyclic) bond motifs is 1. The lowest BCUT2D eigenvalue weighted by molar-refractivity contribution is 0.426. The van der Waals surface area contributed by atoms with Crippen molar-refractivity contribution in [2.45, 2.75) is 0 Å². The van der Waals surface area contributed by atoms with Gasteiger partial charge in [-0.25, -0.2) is 0 Å². The molecule has 0 fully saturated rings. The van der Waals surface area contributed by atoms with Crippen LogP contribution in [0.3, 0.4) is 0 Å². The van der Waals surface area contributed by atoms with Gasteiger partial charge in [0.1, 0.15) is 11.0 Å². The van der Waals surface area contributed by atoms with Crippen molar-refractivity contribution in [1.82, 2.24) is 0 Å². The monoisotopic (exact) mass is 290 g/mol. The number of rotatable bonds is 3. The Labute approximate surface area is 128 Å². The molecule has 0 atom stereocenters. The number of hydrogen-bond acceptors (Lipinski definition) is 3. The minimum Gasteiger partial charge on any atom is -0.455 e. The normalized spacial score (nSPS) is 12.3. The third-order valence-corrected chi connectivity index (χ3v) is 3.64. The molecule has 0 aliphatic carbocycles. The third-order valence-electron chi connectivity index (χ3n) is 3.64. The lowest BCUT2D eigenvalue weighted by atomic mass is 9.79. The Balaban J connectivity index is 2.34. The Hall–Kier alpha value is -2.56. The highest BCUT2D eigenvalue weighted by Gasteiger charge is 2.13. The summed E-state index contributed by atoms with van der Waals surface area (Å²) in [5.41, 5.74) is 3.38.